The average Bonchev–Trinajstić information content (AvgIpc) is 3.10. The first-order valence-electron chi connectivity index (χ1n) is 8.50. The van der Waals surface area contributed by atoms with Gasteiger partial charge in [0.2, 0.25) is 11.8 Å². The van der Waals surface area contributed by atoms with Gasteiger partial charge >= 0.3 is 0 Å². The van der Waals surface area contributed by atoms with Crippen molar-refractivity contribution >= 4 is 28.9 Å². The molecule has 1 atom stereocenters. The SMILES string of the molecule is COc1ccc(N2C[C@H](C(=O)Nc3ccc([N+](=O)[O-])cc3OC)CC2=O)cc1. The minimum Gasteiger partial charge on any atom is -0.497 e. The molecule has 1 N–H and O–H groups in total. The Kier molecular flexibility index (Phi) is 5.44. The van der Waals surface area contributed by atoms with Crippen LogP contribution in [0, 0.1) is 16.0 Å². The number of amides is 2. The van der Waals surface area contributed by atoms with E-state index in [2.05, 4.69) is 5.32 Å². The third-order valence-electron chi connectivity index (χ3n) is 4.53. The summed E-state index contributed by atoms with van der Waals surface area (Å²) >= 11 is 0. The molecule has 0 unspecified atom stereocenters. The van der Waals surface area contributed by atoms with Crippen LogP contribution in [0.3, 0.4) is 0 Å². The summed E-state index contributed by atoms with van der Waals surface area (Å²) in [5.41, 5.74) is 0.860. The second kappa shape index (κ2) is 7.95. The maximum atomic E-state index is 12.6. The fourth-order valence-electron chi connectivity index (χ4n) is 3.03. The Balaban J connectivity index is 1.71. The van der Waals surface area contributed by atoms with E-state index in [-0.39, 0.29) is 36.2 Å². The number of benzene rings is 2. The Morgan fingerprint density at radius 2 is 1.89 bits per heavy atom. The van der Waals surface area contributed by atoms with Crippen LogP contribution in [0.5, 0.6) is 11.5 Å². The number of hydrogen-bond acceptors (Lipinski definition) is 6. The van der Waals surface area contributed by atoms with E-state index in [0.717, 1.165) is 0 Å². The molecule has 3 rings (SSSR count). The van der Waals surface area contributed by atoms with Crippen molar-refractivity contribution in [3.63, 3.8) is 0 Å². The molecule has 146 valence electrons. The molecular formula is C19H19N3O6. The molecule has 9 heteroatoms. The molecule has 2 aromatic carbocycles. The van der Waals surface area contributed by atoms with Crippen molar-refractivity contribution in [2.45, 2.75) is 6.42 Å². The fourth-order valence-corrected chi connectivity index (χ4v) is 3.03. The monoisotopic (exact) mass is 385 g/mol. The first-order valence-corrected chi connectivity index (χ1v) is 8.50. The predicted octanol–water partition coefficient (Wildman–Crippen LogP) is 2.60. The topological polar surface area (TPSA) is 111 Å². The van der Waals surface area contributed by atoms with Crippen molar-refractivity contribution in [3.8, 4) is 11.5 Å². The molecule has 0 saturated carbocycles. The Labute approximate surface area is 161 Å². The van der Waals surface area contributed by atoms with Gasteiger partial charge in [-0.15, -0.1) is 0 Å². The van der Waals surface area contributed by atoms with Crippen LogP contribution in [0.2, 0.25) is 0 Å². The number of hydrogen-bond donors (Lipinski definition) is 1. The maximum Gasteiger partial charge on any atom is 0.273 e. The smallest absolute Gasteiger partial charge is 0.273 e. The number of nitrogens with zero attached hydrogens (tertiary/aromatic N) is 2. The molecule has 9 nitrogen and oxygen atoms in total. The molecule has 0 spiro atoms. The molecule has 1 saturated heterocycles. The second-order valence-electron chi connectivity index (χ2n) is 6.23. The Morgan fingerprint density at radius 1 is 1.18 bits per heavy atom. The summed E-state index contributed by atoms with van der Waals surface area (Å²) < 4.78 is 10.2. The van der Waals surface area contributed by atoms with Gasteiger partial charge < -0.3 is 19.7 Å². The number of nitrogens with one attached hydrogen (secondary N) is 1. The highest BCUT2D eigenvalue weighted by molar-refractivity contribution is 6.04. The number of carbonyl (C=O) groups is 2. The van der Waals surface area contributed by atoms with Gasteiger partial charge in [-0.05, 0) is 30.3 Å². The normalized spacial score (nSPS) is 16.0. The summed E-state index contributed by atoms with van der Waals surface area (Å²) in [6.07, 6.45) is 0.0765. The highest BCUT2D eigenvalue weighted by atomic mass is 16.6. The van der Waals surface area contributed by atoms with Crippen LogP contribution in [0.4, 0.5) is 17.1 Å². The second-order valence-corrected chi connectivity index (χ2v) is 6.23. The van der Waals surface area contributed by atoms with Crippen molar-refractivity contribution in [3.05, 3.63) is 52.6 Å². The predicted molar refractivity (Wildman–Crippen MR) is 102 cm³/mol. The first kappa shape index (κ1) is 19.2. The summed E-state index contributed by atoms with van der Waals surface area (Å²) in [5, 5.41) is 13.6. The lowest BCUT2D eigenvalue weighted by Crippen LogP contribution is -2.28. The summed E-state index contributed by atoms with van der Waals surface area (Å²) in [5.74, 6) is -0.194. The van der Waals surface area contributed by atoms with Crippen LogP contribution >= 0.6 is 0 Å². The van der Waals surface area contributed by atoms with E-state index in [0.29, 0.717) is 17.1 Å². The Morgan fingerprint density at radius 3 is 2.50 bits per heavy atom. The minimum atomic E-state index is -0.547. The number of nitro groups is 1. The van der Waals surface area contributed by atoms with Crippen molar-refractivity contribution in [1.29, 1.82) is 0 Å². The van der Waals surface area contributed by atoms with E-state index in [1.807, 2.05) is 0 Å². The van der Waals surface area contributed by atoms with Gasteiger partial charge in [0, 0.05) is 24.7 Å². The van der Waals surface area contributed by atoms with Gasteiger partial charge in [-0.1, -0.05) is 0 Å². The van der Waals surface area contributed by atoms with Gasteiger partial charge in [0.25, 0.3) is 5.69 Å². The molecule has 1 aliphatic heterocycles. The van der Waals surface area contributed by atoms with E-state index >= 15 is 0 Å². The van der Waals surface area contributed by atoms with Crippen molar-refractivity contribution in [2.75, 3.05) is 31.0 Å². The molecule has 0 bridgehead atoms. The molecule has 28 heavy (non-hydrogen) atoms. The zero-order valence-corrected chi connectivity index (χ0v) is 15.4. The summed E-state index contributed by atoms with van der Waals surface area (Å²) in [4.78, 5) is 36.9. The lowest BCUT2D eigenvalue weighted by atomic mass is 10.1. The number of carbonyl (C=O) groups excluding carboxylic acids is 2. The molecular weight excluding hydrogens is 366 g/mol. The maximum absolute atomic E-state index is 12.6. The largest absolute Gasteiger partial charge is 0.497 e. The van der Waals surface area contributed by atoms with Crippen LogP contribution in [0.15, 0.2) is 42.5 Å². The third kappa shape index (κ3) is 3.88. The number of ether oxygens (including phenoxy) is 2. The van der Waals surface area contributed by atoms with E-state index < -0.39 is 10.8 Å². The average molecular weight is 385 g/mol. The highest BCUT2D eigenvalue weighted by Gasteiger charge is 2.35. The van der Waals surface area contributed by atoms with E-state index in [1.165, 1.54) is 25.3 Å². The van der Waals surface area contributed by atoms with Crippen molar-refractivity contribution < 1.29 is 24.0 Å². The molecule has 0 aliphatic carbocycles. The van der Waals surface area contributed by atoms with Crippen LogP contribution < -0.4 is 19.7 Å². The lowest BCUT2D eigenvalue weighted by Gasteiger charge is -2.17. The molecule has 0 radical (unpaired) electrons. The lowest BCUT2D eigenvalue weighted by molar-refractivity contribution is -0.384. The Bertz CT molecular complexity index is 912. The highest BCUT2D eigenvalue weighted by Crippen LogP contribution is 2.31. The van der Waals surface area contributed by atoms with Crippen LogP contribution in [0.1, 0.15) is 6.42 Å². The van der Waals surface area contributed by atoms with Gasteiger partial charge in [-0.3, -0.25) is 19.7 Å². The van der Waals surface area contributed by atoms with E-state index in [4.69, 9.17) is 9.47 Å². The van der Waals surface area contributed by atoms with Gasteiger partial charge in [0.1, 0.15) is 11.5 Å². The number of nitro benzene ring substituents is 1. The number of anilines is 2. The quantitative estimate of drug-likeness (QED) is 0.604. The summed E-state index contributed by atoms with van der Waals surface area (Å²) in [6, 6.07) is 10.9. The number of rotatable bonds is 6. The summed E-state index contributed by atoms with van der Waals surface area (Å²) in [6.45, 7) is 0.242. The number of methoxy groups -OCH3 is 2. The molecule has 0 aromatic heterocycles. The van der Waals surface area contributed by atoms with Gasteiger partial charge in [0.15, 0.2) is 0 Å². The molecule has 1 fully saturated rings. The van der Waals surface area contributed by atoms with E-state index in [1.54, 1.807) is 36.3 Å². The van der Waals surface area contributed by atoms with E-state index in [9.17, 15) is 19.7 Å². The van der Waals surface area contributed by atoms with Gasteiger partial charge in [-0.25, -0.2) is 0 Å². The van der Waals surface area contributed by atoms with Crippen LogP contribution in [0.25, 0.3) is 0 Å². The van der Waals surface area contributed by atoms with Gasteiger partial charge in [0.05, 0.1) is 36.8 Å². The first-order chi connectivity index (χ1) is 13.4. The van der Waals surface area contributed by atoms with Crippen LogP contribution in [-0.4, -0.2) is 37.5 Å². The van der Waals surface area contributed by atoms with Gasteiger partial charge in [-0.2, -0.15) is 0 Å². The molecule has 1 heterocycles. The number of non-ortho nitro benzene ring substituents is 1. The molecule has 2 aromatic rings. The van der Waals surface area contributed by atoms with Crippen molar-refractivity contribution in [2.24, 2.45) is 5.92 Å². The third-order valence-corrected chi connectivity index (χ3v) is 4.53. The molecule has 1 aliphatic rings. The molecule has 2 amide bonds. The fraction of sp³-hybridized carbons (Fsp3) is 0.263. The summed E-state index contributed by atoms with van der Waals surface area (Å²) in [7, 11) is 2.92. The zero-order chi connectivity index (χ0) is 20.3. The minimum absolute atomic E-state index is 0.0765. The van der Waals surface area contributed by atoms with Crippen molar-refractivity contribution in [1.82, 2.24) is 0 Å². The Hall–Kier alpha value is -3.62. The van der Waals surface area contributed by atoms with Crippen LogP contribution in [-0.2, 0) is 9.59 Å². The standard InChI is InChI=1S/C19H19N3O6/c1-27-15-6-3-13(4-7-15)21-11-12(9-18(21)23)19(24)20-16-8-5-14(22(25)26)10-17(16)28-2/h3-8,10,12H,9,11H2,1-2H3,(H,20,24)/t12-/m1/s1. The zero-order valence-electron chi connectivity index (χ0n) is 15.4.